The van der Waals surface area contributed by atoms with Crippen molar-refractivity contribution in [1.82, 2.24) is 9.97 Å². The van der Waals surface area contributed by atoms with Crippen LogP contribution in [-0.4, -0.2) is 29.4 Å². The van der Waals surface area contributed by atoms with E-state index in [0.29, 0.717) is 46.7 Å². The average Bonchev–Trinajstić information content (AvgIpc) is 2.74. The van der Waals surface area contributed by atoms with Crippen LogP contribution in [0.5, 0.6) is 11.5 Å². The fourth-order valence-electron chi connectivity index (χ4n) is 2.53. The number of hydrogen-bond acceptors (Lipinski definition) is 6. The predicted molar refractivity (Wildman–Crippen MR) is 109 cm³/mol. The van der Waals surface area contributed by atoms with E-state index in [-0.39, 0.29) is 11.4 Å². The Morgan fingerprint density at radius 2 is 1.83 bits per heavy atom. The zero-order valence-corrected chi connectivity index (χ0v) is 16.5. The van der Waals surface area contributed by atoms with Crippen LogP contribution in [0.4, 0.5) is 4.39 Å². The minimum Gasteiger partial charge on any atom is -0.497 e. The fourth-order valence-corrected chi connectivity index (χ4v) is 3.31. The molecule has 3 aromatic rings. The highest BCUT2D eigenvalue weighted by atomic mass is 32.2. The number of ether oxygens (including phenoxy) is 2. The molecule has 6 nitrogen and oxygen atoms in total. The summed E-state index contributed by atoms with van der Waals surface area (Å²) in [5, 5.41) is 9.77. The average molecular weight is 411 g/mol. The molecule has 8 heteroatoms. The number of halogens is 1. The van der Waals surface area contributed by atoms with Crippen LogP contribution in [0.2, 0.25) is 0 Å². The predicted octanol–water partition coefficient (Wildman–Crippen LogP) is 4.02. The normalized spacial score (nSPS) is 10.4. The van der Waals surface area contributed by atoms with Crippen molar-refractivity contribution in [1.29, 1.82) is 5.26 Å². The lowest BCUT2D eigenvalue weighted by molar-refractivity contribution is 0.318. The first kappa shape index (κ1) is 20.4. The molecule has 0 unspecified atom stereocenters. The summed E-state index contributed by atoms with van der Waals surface area (Å²) in [6.07, 6.45) is 0.698. The maximum absolute atomic E-state index is 12.9. The Morgan fingerprint density at radius 3 is 2.48 bits per heavy atom. The summed E-state index contributed by atoms with van der Waals surface area (Å²) < 4.78 is 23.6. The third-order valence-corrected chi connectivity index (χ3v) is 4.94. The number of methoxy groups -OCH3 is 1. The van der Waals surface area contributed by atoms with Crippen molar-refractivity contribution in [3.05, 3.63) is 70.3 Å². The monoisotopic (exact) mass is 411 g/mol. The fraction of sp³-hybridized carbons (Fsp3) is 0.190. The van der Waals surface area contributed by atoms with E-state index in [1.807, 2.05) is 6.07 Å². The molecular formula is C21H18FN3O3S. The molecule has 0 radical (unpaired) electrons. The van der Waals surface area contributed by atoms with Gasteiger partial charge in [0.05, 0.1) is 19.4 Å². The summed E-state index contributed by atoms with van der Waals surface area (Å²) in [6.45, 7) is 0.449. The van der Waals surface area contributed by atoms with Gasteiger partial charge in [-0.2, -0.15) is 5.26 Å². The molecule has 148 valence electrons. The van der Waals surface area contributed by atoms with E-state index in [4.69, 9.17) is 9.47 Å². The molecule has 1 N–H and O–H groups in total. The molecular weight excluding hydrogens is 393 g/mol. The highest BCUT2D eigenvalue weighted by Gasteiger charge is 2.13. The van der Waals surface area contributed by atoms with Crippen molar-refractivity contribution >= 4 is 11.8 Å². The van der Waals surface area contributed by atoms with Gasteiger partial charge >= 0.3 is 0 Å². The molecule has 0 aliphatic heterocycles. The van der Waals surface area contributed by atoms with E-state index >= 15 is 0 Å². The number of thioether (sulfide) groups is 1. The van der Waals surface area contributed by atoms with Gasteiger partial charge in [-0.1, -0.05) is 11.8 Å². The van der Waals surface area contributed by atoms with E-state index in [9.17, 15) is 14.4 Å². The molecule has 0 atom stereocenters. The largest absolute Gasteiger partial charge is 0.497 e. The van der Waals surface area contributed by atoms with Gasteiger partial charge in [-0.05, 0) is 55.0 Å². The summed E-state index contributed by atoms with van der Waals surface area (Å²) in [5.74, 6) is 1.62. The summed E-state index contributed by atoms with van der Waals surface area (Å²) in [4.78, 5) is 19.4. The van der Waals surface area contributed by atoms with Crippen molar-refractivity contribution in [2.75, 3.05) is 19.5 Å². The van der Waals surface area contributed by atoms with Gasteiger partial charge in [0.1, 0.15) is 28.9 Å². The van der Waals surface area contributed by atoms with Gasteiger partial charge < -0.3 is 14.5 Å². The Morgan fingerprint density at radius 1 is 1.14 bits per heavy atom. The summed E-state index contributed by atoms with van der Waals surface area (Å²) in [5.41, 5.74) is 0.497. The van der Waals surface area contributed by atoms with E-state index in [2.05, 4.69) is 9.97 Å². The van der Waals surface area contributed by atoms with Crippen LogP contribution in [0.1, 0.15) is 12.0 Å². The summed E-state index contributed by atoms with van der Waals surface area (Å²) in [6, 6.07) is 14.8. The molecule has 1 heterocycles. The lowest BCUT2D eigenvalue weighted by Gasteiger charge is -2.08. The van der Waals surface area contributed by atoms with Gasteiger partial charge in [-0.25, -0.2) is 9.37 Å². The van der Waals surface area contributed by atoms with Crippen molar-refractivity contribution in [2.45, 2.75) is 11.6 Å². The Labute approximate surface area is 171 Å². The molecule has 29 heavy (non-hydrogen) atoms. The van der Waals surface area contributed by atoms with Crippen LogP contribution in [-0.2, 0) is 0 Å². The lowest BCUT2D eigenvalue weighted by atomic mass is 10.1. The smallest absolute Gasteiger partial charge is 0.270 e. The Bertz CT molecular complexity index is 1060. The maximum atomic E-state index is 12.9. The van der Waals surface area contributed by atoms with Crippen molar-refractivity contribution in [3.63, 3.8) is 0 Å². The van der Waals surface area contributed by atoms with Gasteiger partial charge in [0.25, 0.3) is 5.56 Å². The second kappa shape index (κ2) is 9.75. The molecule has 0 aliphatic rings. The van der Waals surface area contributed by atoms with Crippen LogP contribution in [0, 0.1) is 17.1 Å². The van der Waals surface area contributed by atoms with E-state index < -0.39 is 5.56 Å². The van der Waals surface area contributed by atoms with Crippen LogP contribution in [0.15, 0.2) is 58.5 Å². The molecule has 0 fully saturated rings. The van der Waals surface area contributed by atoms with Crippen LogP contribution in [0.25, 0.3) is 11.3 Å². The minimum atomic E-state index is -0.474. The van der Waals surface area contributed by atoms with Gasteiger partial charge in [0.2, 0.25) is 0 Å². The maximum Gasteiger partial charge on any atom is 0.270 e. The number of nitriles is 1. The summed E-state index contributed by atoms with van der Waals surface area (Å²) in [7, 11) is 1.57. The van der Waals surface area contributed by atoms with Gasteiger partial charge in [0, 0.05) is 11.3 Å². The SMILES string of the molecule is COc1ccc(-c2nc(SCCCOc3ccc(F)cc3)[nH]c(=O)c2C#N)cc1. The molecule has 1 aromatic heterocycles. The number of hydrogen-bond donors (Lipinski definition) is 1. The van der Waals surface area contributed by atoms with E-state index in [1.165, 1.54) is 23.9 Å². The highest BCUT2D eigenvalue weighted by molar-refractivity contribution is 7.99. The lowest BCUT2D eigenvalue weighted by Crippen LogP contribution is -2.15. The first-order valence-electron chi connectivity index (χ1n) is 8.80. The van der Waals surface area contributed by atoms with Gasteiger partial charge in [-0.3, -0.25) is 4.79 Å². The molecule has 0 bridgehead atoms. The van der Waals surface area contributed by atoms with Crippen LogP contribution in [0.3, 0.4) is 0 Å². The van der Waals surface area contributed by atoms with Gasteiger partial charge in [-0.15, -0.1) is 0 Å². The highest BCUT2D eigenvalue weighted by Crippen LogP contribution is 2.24. The molecule has 0 amide bonds. The van der Waals surface area contributed by atoms with Crippen LogP contribution < -0.4 is 15.0 Å². The van der Waals surface area contributed by atoms with E-state index in [0.717, 1.165) is 0 Å². The Balaban J connectivity index is 1.65. The molecule has 2 aromatic carbocycles. The Hall–Kier alpha value is -3.31. The molecule has 0 saturated carbocycles. The topological polar surface area (TPSA) is 88.0 Å². The zero-order chi connectivity index (χ0) is 20.6. The zero-order valence-electron chi connectivity index (χ0n) is 15.6. The quantitative estimate of drug-likeness (QED) is 0.342. The van der Waals surface area contributed by atoms with Crippen molar-refractivity contribution < 1.29 is 13.9 Å². The van der Waals surface area contributed by atoms with Crippen molar-refractivity contribution in [2.24, 2.45) is 0 Å². The standard InChI is InChI=1S/C21H18FN3O3S/c1-27-16-7-3-14(4-8-16)19-18(13-23)20(26)25-21(24-19)29-12-2-11-28-17-9-5-15(22)6-10-17/h3-10H,2,11-12H2,1H3,(H,24,25,26). The summed E-state index contributed by atoms with van der Waals surface area (Å²) >= 11 is 1.37. The third kappa shape index (κ3) is 5.36. The number of H-pyrrole nitrogens is 1. The number of nitrogens with zero attached hydrogens (tertiary/aromatic N) is 2. The molecule has 0 aliphatic carbocycles. The molecule has 0 saturated heterocycles. The van der Waals surface area contributed by atoms with Gasteiger partial charge in [0.15, 0.2) is 5.16 Å². The minimum absolute atomic E-state index is 0.0286. The number of aromatic nitrogens is 2. The third-order valence-electron chi connectivity index (χ3n) is 3.98. The number of benzene rings is 2. The number of nitrogens with one attached hydrogen (secondary N) is 1. The second-order valence-corrected chi connectivity index (χ2v) is 7.02. The first-order chi connectivity index (χ1) is 14.1. The number of rotatable bonds is 8. The van der Waals surface area contributed by atoms with Crippen LogP contribution >= 0.6 is 11.8 Å². The molecule has 3 rings (SSSR count). The molecule has 0 spiro atoms. The number of aromatic amines is 1. The second-order valence-electron chi connectivity index (χ2n) is 5.94. The first-order valence-corrected chi connectivity index (χ1v) is 9.79. The Kier molecular flexibility index (Phi) is 6.87. The van der Waals surface area contributed by atoms with E-state index in [1.54, 1.807) is 43.5 Å². The van der Waals surface area contributed by atoms with Crippen molar-refractivity contribution in [3.8, 4) is 28.8 Å².